The van der Waals surface area contributed by atoms with E-state index in [1.54, 1.807) is 29.2 Å². The second kappa shape index (κ2) is 7.46. The highest BCUT2D eigenvalue weighted by Gasteiger charge is 2.48. The summed E-state index contributed by atoms with van der Waals surface area (Å²) in [5.41, 5.74) is 1.14. The summed E-state index contributed by atoms with van der Waals surface area (Å²) in [6.45, 7) is 0.481. The molecule has 3 N–H and O–H groups in total. The fourth-order valence-corrected chi connectivity index (χ4v) is 3.94. The number of hydrogen-bond acceptors (Lipinski definition) is 5. The van der Waals surface area contributed by atoms with Gasteiger partial charge in [0.15, 0.2) is 6.35 Å². The molecule has 1 saturated heterocycles. The highest BCUT2D eigenvalue weighted by Crippen LogP contribution is 2.30. The molecule has 8 heteroatoms. The summed E-state index contributed by atoms with van der Waals surface area (Å²) < 4.78 is 18.3. The van der Waals surface area contributed by atoms with Crippen LogP contribution in [0, 0.1) is 5.82 Å². The number of amides is 2. The van der Waals surface area contributed by atoms with Crippen LogP contribution < -0.4 is 15.4 Å². The van der Waals surface area contributed by atoms with Gasteiger partial charge in [-0.05, 0) is 48.2 Å². The van der Waals surface area contributed by atoms with E-state index in [1.807, 2.05) is 6.07 Å². The molecule has 2 amide bonds. The second-order valence-corrected chi connectivity index (χ2v) is 7.41. The molecule has 2 aliphatic heterocycles. The van der Waals surface area contributed by atoms with Gasteiger partial charge in [-0.2, -0.15) is 0 Å². The molecule has 7 nitrogen and oxygen atoms in total. The van der Waals surface area contributed by atoms with E-state index >= 15 is 0 Å². The van der Waals surface area contributed by atoms with Gasteiger partial charge in [0, 0.05) is 18.7 Å². The van der Waals surface area contributed by atoms with Crippen LogP contribution in [0.3, 0.4) is 0 Å². The lowest BCUT2D eigenvalue weighted by atomic mass is 9.90. The number of aliphatic hydroxyl groups excluding tert-OH is 1. The van der Waals surface area contributed by atoms with Crippen LogP contribution in [0.5, 0.6) is 5.75 Å². The van der Waals surface area contributed by atoms with Crippen molar-refractivity contribution in [1.29, 1.82) is 0 Å². The Kier molecular flexibility index (Phi) is 4.97. The molecule has 0 saturated carbocycles. The molecule has 2 aliphatic rings. The van der Waals surface area contributed by atoms with Gasteiger partial charge in [-0.25, -0.2) is 4.39 Å². The van der Waals surface area contributed by atoms with Gasteiger partial charge in [0.05, 0.1) is 7.11 Å². The van der Waals surface area contributed by atoms with Gasteiger partial charge in [0.2, 0.25) is 5.91 Å². The van der Waals surface area contributed by atoms with Crippen LogP contribution in [0.2, 0.25) is 0 Å². The van der Waals surface area contributed by atoms with E-state index in [-0.39, 0.29) is 24.2 Å². The molecule has 2 atom stereocenters. The Bertz CT molecular complexity index is 949. The number of nitrogens with zero attached hydrogens (tertiary/aromatic N) is 1. The number of aryl methyl sites for hydroxylation is 1. The minimum atomic E-state index is -1.18. The standard InChI is InChI=1S/C21H22FN3O4/c1-29-16-7-4-14-11-25(18(26)17(14)10-16)12-21(19(27)23-20(28)24-21)9-8-13-2-5-15(22)6-3-13/h2-7,10,20,24,28H,8-9,11-12H2,1H3,(H,23,27). The molecule has 2 aromatic carbocycles. The summed E-state index contributed by atoms with van der Waals surface area (Å²) in [5.74, 6) is -0.284. The van der Waals surface area contributed by atoms with Crippen LogP contribution in [-0.4, -0.2) is 47.4 Å². The van der Waals surface area contributed by atoms with E-state index in [2.05, 4.69) is 10.6 Å². The first-order valence-electron chi connectivity index (χ1n) is 9.37. The molecule has 0 aromatic heterocycles. The molecule has 0 bridgehead atoms. The smallest absolute Gasteiger partial charge is 0.254 e. The molecule has 1 fully saturated rings. The van der Waals surface area contributed by atoms with Crippen molar-refractivity contribution < 1.29 is 23.8 Å². The molecule has 2 aromatic rings. The van der Waals surface area contributed by atoms with E-state index in [0.717, 1.165) is 11.1 Å². The van der Waals surface area contributed by atoms with Crippen molar-refractivity contribution in [3.8, 4) is 5.75 Å². The van der Waals surface area contributed by atoms with Gasteiger partial charge in [-0.3, -0.25) is 14.9 Å². The highest BCUT2D eigenvalue weighted by molar-refractivity contribution is 5.99. The van der Waals surface area contributed by atoms with Gasteiger partial charge in [0.1, 0.15) is 17.1 Å². The zero-order valence-corrected chi connectivity index (χ0v) is 15.9. The quantitative estimate of drug-likeness (QED) is 0.678. The molecule has 4 rings (SSSR count). The zero-order valence-electron chi connectivity index (χ0n) is 15.9. The molecule has 152 valence electrons. The summed E-state index contributed by atoms with van der Waals surface area (Å²) in [6, 6.07) is 11.4. The van der Waals surface area contributed by atoms with Crippen molar-refractivity contribution in [1.82, 2.24) is 15.5 Å². The van der Waals surface area contributed by atoms with E-state index < -0.39 is 11.9 Å². The van der Waals surface area contributed by atoms with Crippen molar-refractivity contribution in [2.45, 2.75) is 31.3 Å². The number of carbonyl (C=O) groups is 2. The summed E-state index contributed by atoms with van der Waals surface area (Å²) in [4.78, 5) is 27.2. The van der Waals surface area contributed by atoms with Crippen molar-refractivity contribution >= 4 is 11.8 Å². The molecule has 2 heterocycles. The third-order valence-electron chi connectivity index (χ3n) is 5.53. The monoisotopic (exact) mass is 399 g/mol. The molecule has 0 radical (unpaired) electrons. The average molecular weight is 399 g/mol. The van der Waals surface area contributed by atoms with E-state index in [1.165, 1.54) is 19.2 Å². The van der Waals surface area contributed by atoms with E-state index in [0.29, 0.717) is 30.7 Å². The van der Waals surface area contributed by atoms with Crippen LogP contribution in [0.4, 0.5) is 4.39 Å². The van der Waals surface area contributed by atoms with E-state index in [4.69, 9.17) is 4.74 Å². The number of aliphatic hydroxyl groups is 1. The summed E-state index contributed by atoms with van der Waals surface area (Å²) in [7, 11) is 1.54. The summed E-state index contributed by atoms with van der Waals surface area (Å²) in [5, 5.41) is 15.3. The lowest BCUT2D eigenvalue weighted by Gasteiger charge is -2.31. The summed E-state index contributed by atoms with van der Waals surface area (Å²) >= 11 is 0. The third kappa shape index (κ3) is 3.68. The number of carbonyl (C=O) groups excluding carboxylic acids is 2. The molecule has 0 aliphatic carbocycles. The minimum Gasteiger partial charge on any atom is -0.497 e. The number of nitrogens with one attached hydrogen (secondary N) is 2. The summed E-state index contributed by atoms with van der Waals surface area (Å²) in [6.07, 6.45) is -0.364. The maximum Gasteiger partial charge on any atom is 0.254 e. The normalized spacial score (nSPS) is 23.3. The largest absolute Gasteiger partial charge is 0.497 e. The predicted octanol–water partition coefficient (Wildman–Crippen LogP) is 1.16. The van der Waals surface area contributed by atoms with Gasteiger partial charge < -0.3 is 20.1 Å². The van der Waals surface area contributed by atoms with Crippen molar-refractivity contribution in [2.24, 2.45) is 0 Å². The predicted molar refractivity (Wildman–Crippen MR) is 102 cm³/mol. The average Bonchev–Trinajstić information content (AvgIpc) is 3.16. The number of methoxy groups -OCH3 is 1. The first-order valence-corrected chi connectivity index (χ1v) is 9.37. The van der Waals surface area contributed by atoms with Crippen LogP contribution in [0.15, 0.2) is 42.5 Å². The molecule has 29 heavy (non-hydrogen) atoms. The first kappa shape index (κ1) is 19.4. The highest BCUT2D eigenvalue weighted by atomic mass is 19.1. The van der Waals surface area contributed by atoms with Crippen molar-refractivity contribution in [3.05, 3.63) is 65.0 Å². The number of rotatable bonds is 6. The van der Waals surface area contributed by atoms with Gasteiger partial charge in [-0.15, -0.1) is 0 Å². The minimum absolute atomic E-state index is 0.104. The number of ether oxygens (including phenoxy) is 1. The first-order chi connectivity index (χ1) is 13.9. The Morgan fingerprint density at radius 3 is 2.66 bits per heavy atom. The number of benzene rings is 2. The van der Waals surface area contributed by atoms with Crippen molar-refractivity contribution in [3.63, 3.8) is 0 Å². The molecule has 0 spiro atoms. The van der Waals surface area contributed by atoms with Crippen LogP contribution in [0.25, 0.3) is 0 Å². The Hall–Kier alpha value is -2.97. The maximum atomic E-state index is 13.2. The maximum absolute atomic E-state index is 13.2. The second-order valence-electron chi connectivity index (χ2n) is 7.41. The molecular weight excluding hydrogens is 377 g/mol. The van der Waals surface area contributed by atoms with Crippen molar-refractivity contribution in [2.75, 3.05) is 13.7 Å². The van der Waals surface area contributed by atoms with Gasteiger partial charge in [0.25, 0.3) is 5.91 Å². The van der Waals surface area contributed by atoms with Gasteiger partial charge in [-0.1, -0.05) is 18.2 Å². The fraction of sp³-hybridized carbons (Fsp3) is 0.333. The molecular formula is C21H22FN3O4. The number of fused-ring (bicyclic) bond motifs is 1. The Balaban J connectivity index is 1.54. The van der Waals surface area contributed by atoms with Gasteiger partial charge >= 0.3 is 0 Å². The Labute approximate surface area is 167 Å². The van der Waals surface area contributed by atoms with E-state index in [9.17, 15) is 19.1 Å². The lowest BCUT2D eigenvalue weighted by molar-refractivity contribution is -0.125. The SMILES string of the molecule is COc1ccc2c(c1)C(=O)N(CC1(CCc3ccc(F)cc3)NC(O)NC1=O)C2. The number of hydrogen-bond donors (Lipinski definition) is 3. The molecule has 2 unspecified atom stereocenters. The Morgan fingerprint density at radius 2 is 2.00 bits per heavy atom. The lowest BCUT2D eigenvalue weighted by Crippen LogP contribution is -2.56. The Morgan fingerprint density at radius 1 is 1.24 bits per heavy atom. The number of halogens is 1. The topological polar surface area (TPSA) is 90.9 Å². The fourth-order valence-electron chi connectivity index (χ4n) is 3.94. The van der Waals surface area contributed by atoms with Crippen LogP contribution in [-0.2, 0) is 17.8 Å². The zero-order chi connectivity index (χ0) is 20.6. The van der Waals surface area contributed by atoms with Crippen LogP contribution in [0.1, 0.15) is 27.9 Å². The van der Waals surface area contributed by atoms with Crippen LogP contribution >= 0.6 is 0 Å². The third-order valence-corrected chi connectivity index (χ3v) is 5.53.